The SMILES string of the molecule is Cc1ccc(C(=O)NN2C(=O)C(=CC=Cc3ccccc3)SC2=S)cc1. The maximum atomic E-state index is 12.5. The summed E-state index contributed by atoms with van der Waals surface area (Å²) in [6.45, 7) is 1.94. The number of benzene rings is 2. The molecular weight excluding hydrogens is 364 g/mol. The number of amides is 2. The van der Waals surface area contributed by atoms with Crippen LogP contribution in [0.4, 0.5) is 0 Å². The van der Waals surface area contributed by atoms with Gasteiger partial charge in [-0.2, -0.15) is 5.01 Å². The molecule has 6 heteroatoms. The van der Waals surface area contributed by atoms with Gasteiger partial charge in [0.05, 0.1) is 4.91 Å². The second kappa shape index (κ2) is 8.12. The number of nitrogens with zero attached hydrogens (tertiary/aromatic N) is 1. The molecule has 1 heterocycles. The second-order valence-corrected chi connectivity index (χ2v) is 7.29. The lowest BCUT2D eigenvalue weighted by atomic mass is 10.1. The van der Waals surface area contributed by atoms with Crippen molar-refractivity contribution in [3.63, 3.8) is 0 Å². The molecular formula is C20H16N2O2S2. The number of hydrogen-bond donors (Lipinski definition) is 1. The van der Waals surface area contributed by atoms with Crippen molar-refractivity contribution in [2.24, 2.45) is 0 Å². The summed E-state index contributed by atoms with van der Waals surface area (Å²) in [6.07, 6.45) is 5.39. The lowest BCUT2D eigenvalue weighted by Crippen LogP contribution is -2.44. The van der Waals surface area contributed by atoms with Crippen molar-refractivity contribution in [1.82, 2.24) is 10.4 Å². The Balaban J connectivity index is 1.68. The second-order valence-electron chi connectivity index (χ2n) is 5.62. The minimum absolute atomic E-state index is 0.301. The minimum atomic E-state index is -0.373. The number of nitrogens with one attached hydrogen (secondary N) is 1. The van der Waals surface area contributed by atoms with Gasteiger partial charge in [-0.3, -0.25) is 15.0 Å². The topological polar surface area (TPSA) is 49.4 Å². The summed E-state index contributed by atoms with van der Waals surface area (Å²) in [6, 6.07) is 16.9. The predicted molar refractivity (Wildman–Crippen MR) is 109 cm³/mol. The third kappa shape index (κ3) is 4.28. The molecule has 1 N–H and O–H groups in total. The first kappa shape index (κ1) is 18.1. The van der Waals surface area contributed by atoms with Crippen molar-refractivity contribution < 1.29 is 9.59 Å². The Morgan fingerprint density at radius 1 is 1.12 bits per heavy atom. The first-order chi connectivity index (χ1) is 12.5. The number of rotatable bonds is 4. The van der Waals surface area contributed by atoms with E-state index < -0.39 is 0 Å². The highest BCUT2D eigenvalue weighted by Crippen LogP contribution is 2.29. The van der Waals surface area contributed by atoms with E-state index in [1.54, 1.807) is 24.3 Å². The number of aryl methyl sites for hydroxylation is 1. The Morgan fingerprint density at radius 2 is 1.81 bits per heavy atom. The molecule has 0 aliphatic carbocycles. The fourth-order valence-electron chi connectivity index (χ4n) is 2.26. The molecule has 0 radical (unpaired) electrons. The minimum Gasteiger partial charge on any atom is -0.267 e. The molecule has 0 bridgehead atoms. The summed E-state index contributed by atoms with van der Waals surface area (Å²) >= 11 is 6.38. The quantitative estimate of drug-likeness (QED) is 0.641. The van der Waals surface area contributed by atoms with Gasteiger partial charge >= 0.3 is 0 Å². The fraction of sp³-hybridized carbons (Fsp3) is 0.0500. The van der Waals surface area contributed by atoms with E-state index in [0.717, 1.165) is 27.9 Å². The monoisotopic (exact) mass is 380 g/mol. The molecule has 4 nitrogen and oxygen atoms in total. The van der Waals surface area contributed by atoms with Crippen LogP contribution in [-0.2, 0) is 4.79 Å². The number of thioether (sulfide) groups is 1. The van der Waals surface area contributed by atoms with Crippen molar-refractivity contribution in [1.29, 1.82) is 0 Å². The van der Waals surface area contributed by atoms with Crippen LogP contribution in [0.2, 0.25) is 0 Å². The third-order valence-corrected chi connectivity index (χ3v) is 4.98. The van der Waals surface area contributed by atoms with Gasteiger partial charge in [0.15, 0.2) is 4.32 Å². The van der Waals surface area contributed by atoms with Crippen LogP contribution in [0.15, 0.2) is 71.7 Å². The Morgan fingerprint density at radius 3 is 2.50 bits per heavy atom. The molecule has 1 aliphatic rings. The normalized spacial score (nSPS) is 15.9. The summed E-state index contributed by atoms with van der Waals surface area (Å²) in [5, 5.41) is 1.12. The van der Waals surface area contributed by atoms with Gasteiger partial charge < -0.3 is 0 Å². The Bertz CT molecular complexity index is 903. The van der Waals surface area contributed by atoms with Crippen LogP contribution in [0, 0.1) is 6.92 Å². The van der Waals surface area contributed by atoms with Crippen LogP contribution >= 0.6 is 24.0 Å². The highest BCUT2D eigenvalue weighted by molar-refractivity contribution is 8.26. The standard InChI is InChI=1S/C20H16N2O2S2/c1-14-10-12-16(13-11-14)18(23)21-22-19(24)17(26-20(22)25)9-5-8-15-6-3-2-4-7-15/h2-13H,1H3,(H,21,23). The van der Waals surface area contributed by atoms with E-state index in [1.165, 1.54) is 0 Å². The molecule has 0 saturated carbocycles. The van der Waals surface area contributed by atoms with Crippen molar-refractivity contribution in [3.8, 4) is 0 Å². The molecule has 26 heavy (non-hydrogen) atoms. The van der Waals surface area contributed by atoms with Gasteiger partial charge in [0, 0.05) is 5.56 Å². The Kier molecular flexibility index (Phi) is 5.65. The molecule has 130 valence electrons. The molecule has 1 saturated heterocycles. The van der Waals surface area contributed by atoms with Crippen molar-refractivity contribution in [3.05, 3.63) is 88.3 Å². The van der Waals surface area contributed by atoms with E-state index in [4.69, 9.17) is 12.2 Å². The summed E-state index contributed by atoms with van der Waals surface area (Å²) in [7, 11) is 0. The van der Waals surface area contributed by atoms with Crippen LogP contribution in [0.25, 0.3) is 6.08 Å². The molecule has 2 aromatic rings. The summed E-state index contributed by atoms with van der Waals surface area (Å²) in [5.41, 5.74) is 5.13. The van der Waals surface area contributed by atoms with Crippen molar-refractivity contribution >= 4 is 46.2 Å². The highest BCUT2D eigenvalue weighted by Gasteiger charge is 2.33. The maximum Gasteiger partial charge on any atom is 0.285 e. The van der Waals surface area contributed by atoms with Gasteiger partial charge in [-0.25, -0.2) is 0 Å². The van der Waals surface area contributed by atoms with Crippen molar-refractivity contribution in [2.75, 3.05) is 0 Å². The number of thiocarbonyl (C=S) groups is 1. The van der Waals surface area contributed by atoms with E-state index in [2.05, 4.69) is 5.43 Å². The molecule has 2 aromatic carbocycles. The van der Waals surface area contributed by atoms with Gasteiger partial charge in [-0.15, -0.1) is 0 Å². The Labute approximate surface area is 161 Å². The largest absolute Gasteiger partial charge is 0.285 e. The van der Waals surface area contributed by atoms with E-state index in [1.807, 2.05) is 55.5 Å². The lowest BCUT2D eigenvalue weighted by Gasteiger charge is -2.15. The van der Waals surface area contributed by atoms with Crippen LogP contribution in [0.5, 0.6) is 0 Å². The molecule has 0 aromatic heterocycles. The smallest absolute Gasteiger partial charge is 0.267 e. The number of allylic oxidation sites excluding steroid dienone is 2. The van der Waals surface area contributed by atoms with Crippen LogP contribution in [0.3, 0.4) is 0 Å². The molecule has 2 amide bonds. The number of hydrogen-bond acceptors (Lipinski definition) is 4. The Hall–Kier alpha value is -2.70. The highest BCUT2D eigenvalue weighted by atomic mass is 32.2. The molecule has 1 fully saturated rings. The van der Waals surface area contributed by atoms with E-state index in [0.29, 0.717) is 14.8 Å². The van der Waals surface area contributed by atoms with Gasteiger partial charge in [0.2, 0.25) is 0 Å². The molecule has 0 spiro atoms. The molecule has 0 unspecified atom stereocenters. The molecule has 1 aliphatic heterocycles. The van der Waals surface area contributed by atoms with E-state index >= 15 is 0 Å². The third-order valence-electron chi connectivity index (χ3n) is 3.66. The maximum absolute atomic E-state index is 12.5. The zero-order valence-electron chi connectivity index (χ0n) is 14.0. The predicted octanol–water partition coefficient (Wildman–Crippen LogP) is 4.10. The summed E-state index contributed by atoms with van der Waals surface area (Å²) in [5.74, 6) is -0.708. The van der Waals surface area contributed by atoms with Crippen LogP contribution in [0.1, 0.15) is 21.5 Å². The van der Waals surface area contributed by atoms with Crippen molar-refractivity contribution in [2.45, 2.75) is 6.92 Å². The average Bonchev–Trinajstić information content (AvgIpc) is 2.91. The fourth-order valence-corrected chi connectivity index (χ4v) is 3.39. The zero-order chi connectivity index (χ0) is 18.5. The summed E-state index contributed by atoms with van der Waals surface area (Å²) in [4.78, 5) is 25.2. The first-order valence-electron chi connectivity index (χ1n) is 7.92. The van der Waals surface area contributed by atoms with Crippen LogP contribution < -0.4 is 5.43 Å². The molecule has 3 rings (SSSR count). The van der Waals surface area contributed by atoms with Gasteiger partial charge in [-0.1, -0.05) is 71.9 Å². The summed E-state index contributed by atoms with van der Waals surface area (Å²) < 4.78 is 0.301. The number of hydrazine groups is 1. The first-order valence-corrected chi connectivity index (χ1v) is 9.14. The van der Waals surface area contributed by atoms with Gasteiger partial charge in [-0.05, 0) is 42.9 Å². The number of carbonyl (C=O) groups is 2. The van der Waals surface area contributed by atoms with Gasteiger partial charge in [0.25, 0.3) is 11.8 Å². The van der Waals surface area contributed by atoms with Gasteiger partial charge in [0.1, 0.15) is 0 Å². The van der Waals surface area contributed by atoms with E-state index in [9.17, 15) is 9.59 Å². The van der Waals surface area contributed by atoms with Crippen LogP contribution in [-0.4, -0.2) is 21.1 Å². The lowest BCUT2D eigenvalue weighted by molar-refractivity contribution is -0.123. The average molecular weight is 380 g/mol. The molecule has 0 atom stereocenters. The number of carbonyl (C=O) groups excluding carboxylic acids is 2. The zero-order valence-corrected chi connectivity index (χ0v) is 15.6. The van der Waals surface area contributed by atoms with E-state index in [-0.39, 0.29) is 11.8 Å².